The van der Waals surface area contributed by atoms with Gasteiger partial charge in [0.1, 0.15) is 196 Å². The van der Waals surface area contributed by atoms with Gasteiger partial charge in [-0.25, -0.2) is 87.8 Å². The first-order valence-electron chi connectivity index (χ1n) is 46.4. The summed E-state index contributed by atoms with van der Waals surface area (Å²) in [6.07, 6.45) is 0. The fourth-order valence-corrected chi connectivity index (χ4v) is 24.4. The van der Waals surface area contributed by atoms with Gasteiger partial charge >= 0.3 is 0 Å². The topological polar surface area (TPSA) is 41.1 Å². The molecule has 0 saturated heterocycles. The van der Waals surface area contributed by atoms with Gasteiger partial charge in [0.2, 0.25) is 0 Å². The molecule has 0 aliphatic carbocycles. The maximum Gasteiger partial charge on any atom is 0.264 e. The molecule has 8 heterocycles. The molecule has 0 fully saturated rings. The molecule has 0 N–H and O–H groups in total. The van der Waals surface area contributed by atoms with Crippen molar-refractivity contribution >= 4 is 230 Å². The van der Waals surface area contributed by atoms with Crippen LogP contribution in [-0.2, 0) is 10.8 Å². The molecule has 0 atom stereocenters. The predicted octanol–water partition coefficient (Wildman–Crippen LogP) is 28.8. The third kappa shape index (κ3) is 13.8. The van der Waals surface area contributed by atoms with Gasteiger partial charge in [0, 0.05) is 93.6 Å². The summed E-state index contributed by atoms with van der Waals surface area (Å²) in [6, 6.07) is 50.6. The molecule has 0 radical (unpaired) electrons. The van der Waals surface area contributed by atoms with E-state index in [0.717, 1.165) is 239 Å². The normalized spacial score (nSPS) is 13.4. The second-order valence-corrected chi connectivity index (χ2v) is 40.8. The smallest absolute Gasteiger partial charge is 0.264 e. The van der Waals surface area contributed by atoms with E-state index in [1.165, 1.54) is 34.1 Å². The molecule has 34 heteroatoms. The summed E-state index contributed by atoms with van der Waals surface area (Å²) in [4.78, 5) is 6.07. The lowest BCUT2D eigenvalue weighted by molar-refractivity contribution is 0.464. The van der Waals surface area contributed by atoms with E-state index in [1.54, 1.807) is 36.4 Å². The van der Waals surface area contributed by atoms with E-state index in [0.29, 0.717) is 46.0 Å². The van der Waals surface area contributed by atoms with Gasteiger partial charge in [-0.3, -0.25) is 14.7 Å². The summed E-state index contributed by atoms with van der Waals surface area (Å²) in [5.41, 5.74) is -14.1. The number of rotatable bonds is 13. The number of anilines is 21. The van der Waals surface area contributed by atoms with Crippen molar-refractivity contribution < 1.29 is 97.3 Å². The van der Waals surface area contributed by atoms with Crippen LogP contribution >= 0.6 is 22.7 Å². The number of halogens is 20. The van der Waals surface area contributed by atoms with Gasteiger partial charge in [-0.15, -0.1) is 22.7 Å². The van der Waals surface area contributed by atoms with E-state index in [4.69, 9.17) is 9.47 Å². The Labute approximate surface area is 838 Å². The maximum atomic E-state index is 18.5. The molecule has 25 rings (SSSR count). The first-order valence-corrected chi connectivity index (χ1v) is 48.0. The summed E-state index contributed by atoms with van der Waals surface area (Å²) >= 11 is 2.22. The third-order valence-electron chi connectivity index (χ3n) is 28.1. The van der Waals surface area contributed by atoms with Crippen LogP contribution in [0.15, 0.2) is 279 Å². The Morgan fingerprint density at radius 1 is 0.223 bits per heavy atom. The zero-order valence-electron chi connectivity index (χ0n) is 77.6. The van der Waals surface area contributed by atoms with Crippen molar-refractivity contribution in [2.45, 2.75) is 52.4 Å². The van der Waals surface area contributed by atoms with Gasteiger partial charge in [-0.2, -0.15) is 0 Å². The number of benzene rings is 17. The average molecular weight is 2040 g/mol. The van der Waals surface area contributed by atoms with E-state index in [2.05, 4.69) is 0 Å². The Morgan fingerprint density at radius 2 is 0.459 bits per heavy atom. The van der Waals surface area contributed by atoms with Crippen molar-refractivity contribution in [2.24, 2.45) is 0 Å². The molecule has 0 spiro atoms. The number of para-hydroxylation sites is 10. The maximum absolute atomic E-state index is 18.5. The minimum absolute atomic E-state index is 0.0281. The molecular formula is C114H64B3F20N7O2S2. The van der Waals surface area contributed by atoms with Crippen molar-refractivity contribution in [2.75, 3.05) is 34.3 Å². The Kier molecular flexibility index (Phi) is 21.1. The average Bonchev–Trinajstić information content (AvgIpc) is 1.33. The highest BCUT2D eigenvalue weighted by Gasteiger charge is 2.55. The fourth-order valence-electron chi connectivity index (χ4n) is 21.8. The van der Waals surface area contributed by atoms with Crippen LogP contribution < -0.4 is 91.6 Å². The van der Waals surface area contributed by atoms with Crippen LogP contribution in [-0.4, -0.2) is 20.1 Å². The van der Waals surface area contributed by atoms with Crippen LogP contribution in [0, 0.1) is 116 Å². The van der Waals surface area contributed by atoms with Crippen LogP contribution in [0.25, 0.3) is 20.2 Å². The fraction of sp³-hybridized carbons (Fsp3) is 0.0702. The van der Waals surface area contributed by atoms with E-state index in [1.807, 2.05) is 53.7 Å². The third-order valence-corrected chi connectivity index (χ3v) is 30.6. The standard InChI is InChI=1S/C114H64B3F20N7O2S2/c1-113(2,3)53-37-39-94-58(41-53)99-111(147-94)116-60-49-62-90(51-84(60)141(107-76(130)29-13-30-77(107)131)86-43-55(45-88(96(86)116)143(99)109-80(134)33-15-34-81(109)135)138(101-64(118)17-7-18-65(101)119)102-66(120)19-8-20-67(102)121)145-92-47-57(140(105-72(126)25-11-26-73(105)127)106-74(128)27-12-28-75(106)129)48-93-98(92)115(62)63-50-61-85(52-91(63)146-93)142(108-78(132)31-14-32-79(108)133)87-44-56(139(103-68(122)21-9-22-69(103)123)104-70(124)23-10-24-71(104)125)46-89-97(87)117(61)112-100(144(89)110-82(136)35-16-36-83(110)137)59-42-54(114(4,5)6)38-40-95(59)148-112/h7-52H,1-6H3. The van der Waals surface area contributed by atoms with Crippen molar-refractivity contribution in [1.82, 2.24) is 0 Å². The number of hydrogen-bond donors (Lipinski definition) is 0. The minimum Gasteiger partial charge on any atom is -0.458 e. The van der Waals surface area contributed by atoms with Crippen LogP contribution in [0.2, 0.25) is 0 Å². The first-order chi connectivity index (χ1) is 71.0. The number of fused-ring (bicyclic) bond motifs is 16. The summed E-state index contributed by atoms with van der Waals surface area (Å²) in [5.74, 6) is -28.7. The molecule has 148 heavy (non-hydrogen) atoms. The van der Waals surface area contributed by atoms with E-state index in [9.17, 15) is 0 Å². The lowest BCUT2D eigenvalue weighted by atomic mass is 9.31. The first kappa shape index (κ1) is 92.8. The highest BCUT2D eigenvalue weighted by Crippen LogP contribution is 2.59. The monoisotopic (exact) mass is 2040 g/mol. The van der Waals surface area contributed by atoms with Crippen LogP contribution in [0.5, 0.6) is 23.0 Å². The van der Waals surface area contributed by atoms with Gasteiger partial charge in [0.05, 0.1) is 28.4 Å². The molecule has 0 amide bonds. The zero-order chi connectivity index (χ0) is 103. The lowest BCUT2D eigenvalue weighted by Gasteiger charge is -2.45. The summed E-state index contributed by atoms with van der Waals surface area (Å²) in [7, 11) is 0. The Balaban J connectivity index is 0.835. The molecule has 9 nitrogen and oxygen atoms in total. The summed E-state index contributed by atoms with van der Waals surface area (Å²) in [5, 5.41) is 0.628. The second-order valence-electron chi connectivity index (χ2n) is 38.7. The van der Waals surface area contributed by atoms with Crippen molar-refractivity contribution in [3.05, 3.63) is 407 Å². The largest absolute Gasteiger partial charge is 0.458 e. The Morgan fingerprint density at radius 3 is 0.716 bits per heavy atom. The molecule has 6 aliphatic heterocycles. The second kappa shape index (κ2) is 33.6. The molecule has 728 valence electrons. The van der Waals surface area contributed by atoms with Gasteiger partial charge < -0.3 is 29.1 Å². The Hall–Kier alpha value is -16.3. The van der Waals surface area contributed by atoms with Gasteiger partial charge in [-0.1, -0.05) is 126 Å². The SMILES string of the molecule is CC(C)(C)c1ccc2sc3c(c2c1)N(c1c(F)cccc1F)c1cc(N(c2c(F)cccc2F)c2c(F)cccc2F)cc2c1B3c1cc3c(cc1N2c1c(F)cccc1F)Oc1cc(N(c2c(F)cccc2F)c2c(F)cccc2F)cc2c1B3c1cc3c(cc1O2)N(c1c(F)cccc1F)c1cc(N(c2c(F)cccc2F)c2c(F)cccc2F)cc2c1B3c1sc3ccc(C(C)(C)C)cc3c1N2c1c(F)cccc1F. The molecular weight excluding hydrogens is 1980 g/mol. The van der Waals surface area contributed by atoms with E-state index < -0.39 is 233 Å². The van der Waals surface area contributed by atoms with Crippen LogP contribution in [0.4, 0.5) is 207 Å². The van der Waals surface area contributed by atoms with Crippen molar-refractivity contribution in [3.8, 4) is 23.0 Å². The molecule has 0 bridgehead atoms. The van der Waals surface area contributed by atoms with Crippen molar-refractivity contribution in [3.63, 3.8) is 0 Å². The molecule has 17 aromatic carbocycles. The number of ether oxygens (including phenoxy) is 2. The summed E-state index contributed by atoms with van der Waals surface area (Å²) < 4.78 is 371. The lowest BCUT2D eigenvalue weighted by Crippen LogP contribution is -2.65. The van der Waals surface area contributed by atoms with Crippen molar-refractivity contribution in [1.29, 1.82) is 0 Å². The molecule has 0 unspecified atom stereocenters. The molecule has 0 saturated carbocycles. The number of nitrogens with zero attached hydrogens (tertiary/aromatic N) is 7. The highest BCUT2D eigenvalue weighted by atomic mass is 32.1. The molecule has 19 aromatic rings. The molecule has 2 aromatic heterocycles. The van der Waals surface area contributed by atoms with Crippen LogP contribution in [0.1, 0.15) is 52.7 Å². The van der Waals surface area contributed by atoms with Gasteiger partial charge in [0.25, 0.3) is 20.1 Å². The number of hydrogen-bond acceptors (Lipinski definition) is 11. The highest BCUT2D eigenvalue weighted by molar-refractivity contribution is 7.34. The quantitative estimate of drug-likeness (QED) is 0.0829. The van der Waals surface area contributed by atoms with E-state index in [-0.39, 0.29) is 105 Å². The van der Waals surface area contributed by atoms with Crippen LogP contribution in [0.3, 0.4) is 0 Å². The van der Waals surface area contributed by atoms with E-state index >= 15 is 87.8 Å². The predicted molar refractivity (Wildman–Crippen MR) is 544 cm³/mol. The van der Waals surface area contributed by atoms with Gasteiger partial charge in [-0.05, 0) is 225 Å². The summed E-state index contributed by atoms with van der Waals surface area (Å²) in [6.45, 7) is 6.97. The zero-order valence-corrected chi connectivity index (χ0v) is 79.2. The minimum atomic E-state index is -1.55. The Bertz CT molecular complexity index is 8260. The number of thiophene rings is 2. The van der Waals surface area contributed by atoms with Gasteiger partial charge in [0.15, 0.2) is 0 Å². The molecule has 6 aliphatic rings.